The van der Waals surface area contributed by atoms with Crippen molar-refractivity contribution in [3.63, 3.8) is 0 Å². The summed E-state index contributed by atoms with van der Waals surface area (Å²) < 4.78 is 0. The van der Waals surface area contributed by atoms with Crippen LogP contribution in [-0.4, -0.2) is 35.9 Å². The van der Waals surface area contributed by atoms with Crippen molar-refractivity contribution in [2.45, 2.75) is 18.4 Å². The van der Waals surface area contributed by atoms with Crippen LogP contribution in [0.3, 0.4) is 0 Å². The van der Waals surface area contributed by atoms with Gasteiger partial charge in [0.25, 0.3) is 0 Å². The molecule has 0 bridgehead atoms. The van der Waals surface area contributed by atoms with E-state index >= 15 is 0 Å². The quantitative estimate of drug-likeness (QED) is 0.597. The number of nitrogens with one attached hydrogen (secondary N) is 1. The van der Waals surface area contributed by atoms with E-state index in [9.17, 15) is 4.79 Å². The van der Waals surface area contributed by atoms with E-state index in [1.165, 1.54) is 0 Å². The van der Waals surface area contributed by atoms with Crippen molar-refractivity contribution in [3.8, 4) is 0 Å². The molecule has 2 N–H and O–H groups in total. The number of aliphatic hydroxyl groups excluding tert-OH is 1. The molecule has 1 aliphatic heterocycles. The van der Waals surface area contributed by atoms with Crippen LogP contribution in [0, 0.1) is 0 Å². The van der Waals surface area contributed by atoms with E-state index < -0.39 is 6.04 Å². The Morgan fingerprint density at radius 3 is 2.13 bits per heavy atom. The molecule has 2 unspecified atom stereocenters. The summed E-state index contributed by atoms with van der Waals surface area (Å²) in [6.45, 7) is 0.470. The van der Waals surface area contributed by atoms with E-state index in [0.29, 0.717) is 13.0 Å². The van der Waals surface area contributed by atoms with E-state index in [4.69, 9.17) is 10.2 Å². The highest BCUT2D eigenvalue weighted by Gasteiger charge is 2.43. The summed E-state index contributed by atoms with van der Waals surface area (Å²) >= 11 is 0. The summed E-state index contributed by atoms with van der Waals surface area (Å²) in [6.07, 6.45) is 0.520. The van der Waals surface area contributed by atoms with Gasteiger partial charge in [0.15, 0.2) is 0 Å². The molecular formula is C25H25N3O2. The summed E-state index contributed by atoms with van der Waals surface area (Å²) in [5.74, 6) is -0.321. The number of rotatable bonds is 7. The van der Waals surface area contributed by atoms with Gasteiger partial charge < -0.3 is 10.4 Å². The fourth-order valence-electron chi connectivity index (χ4n) is 3.83. The van der Waals surface area contributed by atoms with Crippen molar-refractivity contribution < 1.29 is 9.90 Å². The number of anilines is 1. The van der Waals surface area contributed by atoms with Crippen LogP contribution < -0.4 is 10.3 Å². The lowest BCUT2D eigenvalue weighted by Gasteiger charge is -2.27. The molecule has 2 atom stereocenters. The van der Waals surface area contributed by atoms with Crippen LogP contribution in [0.1, 0.15) is 23.5 Å². The topological polar surface area (TPSA) is 64.9 Å². The molecule has 0 saturated carbocycles. The fourth-order valence-corrected chi connectivity index (χ4v) is 3.83. The Morgan fingerprint density at radius 2 is 1.50 bits per heavy atom. The lowest BCUT2D eigenvalue weighted by atomic mass is 9.84. The molecule has 0 saturated heterocycles. The highest BCUT2D eigenvalue weighted by Crippen LogP contribution is 2.37. The standard InChI is InChI=1S/C25H25N3O2/c29-18-10-17-26-25(30)24-22(19-11-4-1-5-12-19)23(20-13-6-2-7-14-20)27-28(24)21-15-8-3-9-16-21/h1-9,11-16,22,24,29H,10,17-18H2,(H,26,30). The van der Waals surface area contributed by atoms with Crippen molar-refractivity contribution in [2.24, 2.45) is 5.10 Å². The fraction of sp³-hybridized carbons (Fsp3) is 0.200. The first-order valence-electron chi connectivity index (χ1n) is 10.2. The summed E-state index contributed by atoms with van der Waals surface area (Å²) in [6, 6.07) is 29.3. The van der Waals surface area contributed by atoms with Crippen LogP contribution in [0.2, 0.25) is 0 Å². The Hall–Kier alpha value is -3.44. The maximum atomic E-state index is 13.4. The number of hydrogen-bond acceptors (Lipinski definition) is 4. The number of carbonyl (C=O) groups is 1. The zero-order chi connectivity index (χ0) is 20.8. The second-order valence-electron chi connectivity index (χ2n) is 7.23. The monoisotopic (exact) mass is 399 g/mol. The van der Waals surface area contributed by atoms with Crippen LogP contribution in [0.15, 0.2) is 96.1 Å². The summed E-state index contributed by atoms with van der Waals surface area (Å²) in [7, 11) is 0. The van der Waals surface area contributed by atoms with Gasteiger partial charge in [0, 0.05) is 13.2 Å². The average molecular weight is 399 g/mol. The smallest absolute Gasteiger partial charge is 0.245 e. The molecule has 4 rings (SSSR count). The van der Waals surface area contributed by atoms with E-state index in [-0.39, 0.29) is 18.4 Å². The van der Waals surface area contributed by atoms with E-state index in [0.717, 1.165) is 22.5 Å². The third-order valence-corrected chi connectivity index (χ3v) is 5.24. The van der Waals surface area contributed by atoms with Gasteiger partial charge in [0.05, 0.1) is 17.3 Å². The normalized spacial score (nSPS) is 18.2. The Morgan fingerprint density at radius 1 is 0.900 bits per heavy atom. The highest BCUT2D eigenvalue weighted by molar-refractivity contribution is 6.11. The molecule has 0 aromatic heterocycles. The zero-order valence-electron chi connectivity index (χ0n) is 16.7. The van der Waals surface area contributed by atoms with Gasteiger partial charge in [-0.1, -0.05) is 78.9 Å². The van der Waals surface area contributed by atoms with Gasteiger partial charge >= 0.3 is 0 Å². The summed E-state index contributed by atoms with van der Waals surface area (Å²) in [5, 5.41) is 18.9. The summed E-state index contributed by atoms with van der Waals surface area (Å²) in [5.41, 5.74) is 3.78. The predicted molar refractivity (Wildman–Crippen MR) is 120 cm³/mol. The number of nitrogens with zero attached hydrogens (tertiary/aromatic N) is 2. The molecule has 5 heteroatoms. The van der Waals surface area contributed by atoms with Crippen molar-refractivity contribution in [2.75, 3.05) is 18.2 Å². The Bertz CT molecular complexity index is 991. The van der Waals surface area contributed by atoms with Gasteiger partial charge in [-0.15, -0.1) is 0 Å². The number of benzene rings is 3. The molecule has 0 aliphatic carbocycles. The highest BCUT2D eigenvalue weighted by atomic mass is 16.3. The maximum Gasteiger partial charge on any atom is 0.245 e. The molecule has 3 aromatic rings. The number of aliphatic hydroxyl groups is 1. The first-order chi connectivity index (χ1) is 14.8. The van der Waals surface area contributed by atoms with Crippen LogP contribution in [0.25, 0.3) is 0 Å². The van der Waals surface area contributed by atoms with Crippen LogP contribution in [-0.2, 0) is 4.79 Å². The third-order valence-electron chi connectivity index (χ3n) is 5.24. The lowest BCUT2D eigenvalue weighted by molar-refractivity contribution is -0.122. The molecule has 3 aromatic carbocycles. The second kappa shape index (κ2) is 9.37. The molecular weight excluding hydrogens is 374 g/mol. The van der Waals surface area contributed by atoms with Gasteiger partial charge in [-0.2, -0.15) is 5.10 Å². The molecule has 1 amide bonds. The molecule has 0 spiro atoms. The number of amides is 1. The van der Waals surface area contributed by atoms with E-state index in [1.54, 1.807) is 0 Å². The molecule has 0 fully saturated rings. The molecule has 30 heavy (non-hydrogen) atoms. The second-order valence-corrected chi connectivity index (χ2v) is 7.23. The van der Waals surface area contributed by atoms with E-state index in [1.807, 2.05) is 96.0 Å². The minimum Gasteiger partial charge on any atom is -0.396 e. The maximum absolute atomic E-state index is 13.4. The Kier molecular flexibility index (Phi) is 6.20. The van der Waals surface area contributed by atoms with Gasteiger partial charge in [0.1, 0.15) is 6.04 Å². The van der Waals surface area contributed by atoms with Crippen LogP contribution in [0.5, 0.6) is 0 Å². The predicted octanol–water partition coefficient (Wildman–Crippen LogP) is 3.56. The number of hydrazone groups is 1. The first kappa shape index (κ1) is 19.9. The van der Waals surface area contributed by atoms with Crippen LogP contribution in [0.4, 0.5) is 5.69 Å². The van der Waals surface area contributed by atoms with Crippen molar-refractivity contribution in [1.29, 1.82) is 0 Å². The van der Waals surface area contributed by atoms with Crippen molar-refractivity contribution in [3.05, 3.63) is 102 Å². The van der Waals surface area contributed by atoms with Gasteiger partial charge in [-0.05, 0) is 29.7 Å². The molecule has 1 heterocycles. The Balaban J connectivity index is 1.81. The average Bonchev–Trinajstić information content (AvgIpc) is 3.22. The van der Waals surface area contributed by atoms with Crippen molar-refractivity contribution >= 4 is 17.3 Å². The summed E-state index contributed by atoms with van der Waals surface area (Å²) in [4.78, 5) is 13.4. The minimum absolute atomic E-state index is 0.0429. The SMILES string of the molecule is O=C(NCCCO)C1C(c2ccccc2)C(c2ccccc2)=NN1c1ccccc1. The van der Waals surface area contributed by atoms with Crippen LogP contribution >= 0.6 is 0 Å². The van der Waals surface area contributed by atoms with Gasteiger partial charge in [-0.3, -0.25) is 9.80 Å². The molecule has 0 radical (unpaired) electrons. The molecule has 152 valence electrons. The number of para-hydroxylation sites is 1. The molecule has 5 nitrogen and oxygen atoms in total. The lowest BCUT2D eigenvalue weighted by Crippen LogP contribution is -2.46. The van der Waals surface area contributed by atoms with Gasteiger partial charge in [-0.25, -0.2) is 0 Å². The number of carbonyl (C=O) groups excluding carboxylic acids is 1. The molecule has 1 aliphatic rings. The van der Waals surface area contributed by atoms with Gasteiger partial charge in [0.2, 0.25) is 5.91 Å². The first-order valence-corrected chi connectivity index (χ1v) is 10.2. The zero-order valence-corrected chi connectivity index (χ0v) is 16.7. The number of hydrogen-bond donors (Lipinski definition) is 2. The minimum atomic E-state index is -0.524. The largest absolute Gasteiger partial charge is 0.396 e. The third kappa shape index (κ3) is 4.11. The van der Waals surface area contributed by atoms with Crippen molar-refractivity contribution in [1.82, 2.24) is 5.32 Å². The van der Waals surface area contributed by atoms with E-state index in [2.05, 4.69) is 5.32 Å². The Labute approximate surface area is 176 Å².